The Labute approximate surface area is 178 Å². The molecular weight excluding hydrogens is 497 g/mol. The Hall–Kier alpha value is -1.56. The summed E-state index contributed by atoms with van der Waals surface area (Å²) in [4.78, 5) is 12.4. The lowest BCUT2D eigenvalue weighted by atomic mass is 10.1. The molecule has 0 aromatic heterocycles. The van der Waals surface area contributed by atoms with Crippen molar-refractivity contribution in [2.75, 3.05) is 11.9 Å². The van der Waals surface area contributed by atoms with Gasteiger partial charge < -0.3 is 5.32 Å². The molecule has 0 aliphatic rings. The number of carbonyl (C=O) groups is 1. The lowest BCUT2D eigenvalue weighted by Crippen LogP contribution is -2.34. The molecule has 2 rings (SSSR count). The highest BCUT2D eigenvalue weighted by Gasteiger charge is 2.13. The van der Waals surface area contributed by atoms with Crippen molar-refractivity contribution in [2.24, 2.45) is 0 Å². The molecule has 0 aliphatic heterocycles. The highest BCUT2D eigenvalue weighted by molar-refractivity contribution is 14.1. The first kappa shape index (κ1) is 21.7. The molecule has 0 bridgehead atoms. The Morgan fingerprint density at radius 3 is 2.41 bits per heavy atom. The van der Waals surface area contributed by atoms with Crippen molar-refractivity contribution in [3.05, 3.63) is 57.2 Å². The molecule has 0 aliphatic carbocycles. The van der Waals surface area contributed by atoms with Gasteiger partial charge in [0.25, 0.3) is 5.91 Å². The fraction of sp³-hybridized carbons (Fsp3) is 0.222. The van der Waals surface area contributed by atoms with Crippen LogP contribution in [0.5, 0.6) is 0 Å². The molecule has 6 nitrogen and oxygen atoms in total. The van der Waals surface area contributed by atoms with E-state index in [0.717, 1.165) is 9.13 Å². The van der Waals surface area contributed by atoms with E-state index in [-0.39, 0.29) is 15.9 Å². The maximum atomic E-state index is 12.3. The molecule has 0 atom stereocenters. The first-order valence-electron chi connectivity index (χ1n) is 8.21. The van der Waals surface area contributed by atoms with Crippen molar-refractivity contribution in [3.8, 4) is 0 Å². The first-order valence-corrected chi connectivity index (χ1v) is 11.2. The quantitative estimate of drug-likeness (QED) is 0.404. The van der Waals surface area contributed by atoms with E-state index in [0.29, 0.717) is 24.2 Å². The number of halogens is 1. The summed E-state index contributed by atoms with van der Waals surface area (Å²) < 4.78 is 27.6. The number of thiocarbonyl (C=S) groups is 1. The molecule has 3 N–H and O–H groups in total. The number of carbonyl (C=O) groups excluding carboxylic acids is 1. The van der Waals surface area contributed by atoms with Crippen LogP contribution in [0, 0.1) is 10.5 Å². The van der Waals surface area contributed by atoms with Gasteiger partial charge in [-0.15, -0.1) is 0 Å². The monoisotopic (exact) mass is 517 g/mol. The van der Waals surface area contributed by atoms with Crippen LogP contribution in [0.2, 0.25) is 0 Å². The van der Waals surface area contributed by atoms with Gasteiger partial charge in [-0.2, -0.15) is 0 Å². The molecule has 0 radical (unpaired) electrons. The van der Waals surface area contributed by atoms with Gasteiger partial charge in [-0.05, 0) is 90.1 Å². The van der Waals surface area contributed by atoms with E-state index in [2.05, 4.69) is 37.9 Å². The largest absolute Gasteiger partial charge is 0.332 e. The van der Waals surface area contributed by atoms with Crippen LogP contribution in [0.3, 0.4) is 0 Å². The molecule has 0 heterocycles. The van der Waals surface area contributed by atoms with Gasteiger partial charge in [0.2, 0.25) is 10.0 Å². The van der Waals surface area contributed by atoms with Crippen LogP contribution in [0.1, 0.15) is 29.3 Å². The molecule has 0 fully saturated rings. The van der Waals surface area contributed by atoms with Crippen molar-refractivity contribution in [1.82, 2.24) is 10.0 Å². The van der Waals surface area contributed by atoms with E-state index in [9.17, 15) is 13.2 Å². The smallest absolute Gasteiger partial charge is 0.257 e. The first-order chi connectivity index (χ1) is 12.7. The predicted octanol–water partition coefficient (Wildman–Crippen LogP) is 3.41. The maximum absolute atomic E-state index is 12.3. The molecule has 0 unspecified atom stereocenters. The molecule has 27 heavy (non-hydrogen) atoms. The van der Waals surface area contributed by atoms with Gasteiger partial charge in [-0.1, -0.05) is 13.0 Å². The van der Waals surface area contributed by atoms with Crippen LogP contribution < -0.4 is 15.4 Å². The molecule has 0 saturated heterocycles. The summed E-state index contributed by atoms with van der Waals surface area (Å²) in [6.07, 6.45) is 0.715. The highest BCUT2D eigenvalue weighted by Crippen LogP contribution is 2.15. The van der Waals surface area contributed by atoms with E-state index < -0.39 is 10.0 Å². The second-order valence-electron chi connectivity index (χ2n) is 5.79. The summed E-state index contributed by atoms with van der Waals surface area (Å²) >= 11 is 7.33. The lowest BCUT2D eigenvalue weighted by Gasteiger charge is -2.11. The molecule has 2 aromatic carbocycles. The van der Waals surface area contributed by atoms with Gasteiger partial charge in [0.15, 0.2) is 5.11 Å². The Balaban J connectivity index is 1.99. The number of amides is 1. The van der Waals surface area contributed by atoms with Crippen molar-refractivity contribution in [1.29, 1.82) is 0 Å². The van der Waals surface area contributed by atoms with E-state index in [1.807, 2.05) is 19.9 Å². The van der Waals surface area contributed by atoms with Crippen molar-refractivity contribution >= 4 is 61.5 Å². The number of aryl methyl sites for hydroxylation is 1. The standard InChI is InChI=1S/C18H20IN3O3S2/c1-3-10-20-27(24,25)15-8-6-14(7-9-15)21-18(26)22-17(23)13-5-4-12(2)16(19)11-13/h4-9,11,20H,3,10H2,1-2H3,(H2,21,22,23,26). The number of nitrogens with one attached hydrogen (secondary N) is 3. The van der Waals surface area contributed by atoms with Crippen molar-refractivity contribution < 1.29 is 13.2 Å². The highest BCUT2D eigenvalue weighted by atomic mass is 127. The van der Waals surface area contributed by atoms with Crippen LogP contribution >= 0.6 is 34.8 Å². The van der Waals surface area contributed by atoms with Crippen molar-refractivity contribution in [2.45, 2.75) is 25.2 Å². The van der Waals surface area contributed by atoms with Gasteiger partial charge in [-0.3, -0.25) is 10.1 Å². The van der Waals surface area contributed by atoms with Gasteiger partial charge in [0.05, 0.1) is 4.90 Å². The summed E-state index contributed by atoms with van der Waals surface area (Å²) in [7, 11) is -3.51. The third-order valence-electron chi connectivity index (χ3n) is 3.63. The van der Waals surface area contributed by atoms with E-state index in [4.69, 9.17) is 12.2 Å². The average molecular weight is 517 g/mol. The molecule has 1 amide bonds. The van der Waals surface area contributed by atoms with E-state index >= 15 is 0 Å². The lowest BCUT2D eigenvalue weighted by molar-refractivity contribution is 0.0977. The SMILES string of the molecule is CCCNS(=O)(=O)c1ccc(NC(=S)NC(=O)c2ccc(C)c(I)c2)cc1. The second kappa shape index (κ2) is 9.58. The van der Waals surface area contributed by atoms with Crippen molar-refractivity contribution in [3.63, 3.8) is 0 Å². The third kappa shape index (κ3) is 6.23. The van der Waals surface area contributed by atoms with Crippen LogP contribution in [0.25, 0.3) is 0 Å². The Bertz CT molecular complexity index is 945. The number of benzene rings is 2. The molecule has 144 valence electrons. The minimum absolute atomic E-state index is 0.135. The maximum Gasteiger partial charge on any atom is 0.257 e. The summed E-state index contributed by atoms with van der Waals surface area (Å²) in [5.41, 5.74) is 2.18. The van der Waals surface area contributed by atoms with Gasteiger partial charge in [0, 0.05) is 21.4 Å². The minimum atomic E-state index is -3.51. The van der Waals surface area contributed by atoms with Crippen LogP contribution in [0.4, 0.5) is 5.69 Å². The molecule has 2 aromatic rings. The molecule has 9 heteroatoms. The number of sulfonamides is 1. The zero-order valence-corrected chi connectivity index (χ0v) is 18.7. The average Bonchev–Trinajstić information content (AvgIpc) is 2.62. The molecule has 0 saturated carbocycles. The number of anilines is 1. The number of hydrogen-bond donors (Lipinski definition) is 3. The summed E-state index contributed by atoms with van der Waals surface area (Å²) in [5.74, 6) is -0.312. The Morgan fingerprint density at radius 2 is 1.81 bits per heavy atom. The summed E-state index contributed by atoms with van der Waals surface area (Å²) in [6, 6.07) is 11.5. The van der Waals surface area contributed by atoms with E-state index in [1.165, 1.54) is 12.1 Å². The summed E-state index contributed by atoms with van der Waals surface area (Å²) in [6.45, 7) is 4.25. The topological polar surface area (TPSA) is 87.3 Å². The van der Waals surface area contributed by atoms with Gasteiger partial charge in [0.1, 0.15) is 0 Å². The normalized spacial score (nSPS) is 11.1. The van der Waals surface area contributed by atoms with E-state index in [1.54, 1.807) is 24.3 Å². The number of rotatable bonds is 6. The fourth-order valence-corrected chi connectivity index (χ4v) is 3.97. The third-order valence-corrected chi connectivity index (χ3v) is 6.47. The fourth-order valence-electron chi connectivity index (χ4n) is 2.11. The Morgan fingerprint density at radius 1 is 1.15 bits per heavy atom. The predicted molar refractivity (Wildman–Crippen MR) is 120 cm³/mol. The van der Waals surface area contributed by atoms with Gasteiger partial charge >= 0.3 is 0 Å². The van der Waals surface area contributed by atoms with Crippen LogP contribution in [-0.2, 0) is 10.0 Å². The second-order valence-corrected chi connectivity index (χ2v) is 9.13. The zero-order chi connectivity index (χ0) is 20.0. The Kier molecular flexibility index (Phi) is 7.71. The van der Waals surface area contributed by atoms with Gasteiger partial charge in [-0.25, -0.2) is 13.1 Å². The van der Waals surface area contributed by atoms with Crippen LogP contribution in [-0.4, -0.2) is 26.0 Å². The molecule has 0 spiro atoms. The number of hydrogen-bond acceptors (Lipinski definition) is 4. The minimum Gasteiger partial charge on any atom is -0.332 e. The van der Waals surface area contributed by atoms with Crippen LogP contribution in [0.15, 0.2) is 47.4 Å². The zero-order valence-electron chi connectivity index (χ0n) is 14.9. The molecular formula is C18H20IN3O3S2. The summed E-state index contributed by atoms with van der Waals surface area (Å²) in [5, 5.41) is 5.62.